The van der Waals surface area contributed by atoms with Crippen molar-refractivity contribution in [2.75, 3.05) is 45.2 Å². The standard InChI is InChI=1S/C16H21N3O5S/c1-17-14-5-4-13(11-12(14)3-6-15(17)20)25(22,23)19-9-7-18(8-10-19)16(21)24-2/h4-5,11H,3,6-10H2,1-2H3. The molecule has 1 saturated heterocycles. The number of piperazine rings is 1. The minimum atomic E-state index is -3.63. The molecular formula is C16H21N3O5S. The molecule has 3 rings (SSSR count). The number of nitrogens with zero attached hydrogens (tertiary/aromatic N) is 3. The van der Waals surface area contributed by atoms with Gasteiger partial charge in [0.25, 0.3) is 0 Å². The summed E-state index contributed by atoms with van der Waals surface area (Å²) in [7, 11) is -0.630. The van der Waals surface area contributed by atoms with Crippen LogP contribution in [0.1, 0.15) is 12.0 Å². The summed E-state index contributed by atoms with van der Waals surface area (Å²) in [6.45, 7) is 1.06. The average Bonchev–Trinajstić information content (AvgIpc) is 2.64. The second kappa shape index (κ2) is 6.64. The summed E-state index contributed by atoms with van der Waals surface area (Å²) in [6, 6.07) is 4.88. The molecule has 1 fully saturated rings. The number of carbonyl (C=O) groups is 2. The number of amides is 2. The zero-order valence-corrected chi connectivity index (χ0v) is 15.1. The molecule has 0 unspecified atom stereocenters. The highest BCUT2D eigenvalue weighted by atomic mass is 32.2. The number of hydrogen-bond acceptors (Lipinski definition) is 5. The number of methoxy groups -OCH3 is 1. The van der Waals surface area contributed by atoms with Gasteiger partial charge in [0.2, 0.25) is 15.9 Å². The maximum Gasteiger partial charge on any atom is 0.409 e. The van der Waals surface area contributed by atoms with E-state index in [0.29, 0.717) is 25.9 Å². The van der Waals surface area contributed by atoms with Gasteiger partial charge < -0.3 is 14.5 Å². The van der Waals surface area contributed by atoms with Gasteiger partial charge in [0.1, 0.15) is 0 Å². The van der Waals surface area contributed by atoms with E-state index in [0.717, 1.165) is 11.3 Å². The van der Waals surface area contributed by atoms with Crippen LogP contribution in [0.4, 0.5) is 10.5 Å². The number of fused-ring (bicyclic) bond motifs is 1. The van der Waals surface area contributed by atoms with Gasteiger partial charge in [0, 0.05) is 45.3 Å². The van der Waals surface area contributed by atoms with Crippen LogP contribution in [0, 0.1) is 0 Å². The van der Waals surface area contributed by atoms with E-state index in [1.807, 2.05) is 0 Å². The minimum Gasteiger partial charge on any atom is -0.453 e. The maximum atomic E-state index is 12.9. The Balaban J connectivity index is 1.80. The van der Waals surface area contributed by atoms with Crippen LogP contribution in [0.2, 0.25) is 0 Å². The molecule has 25 heavy (non-hydrogen) atoms. The Morgan fingerprint density at radius 3 is 2.44 bits per heavy atom. The molecular weight excluding hydrogens is 346 g/mol. The van der Waals surface area contributed by atoms with E-state index >= 15 is 0 Å². The van der Waals surface area contributed by atoms with Gasteiger partial charge in [-0.05, 0) is 30.2 Å². The summed E-state index contributed by atoms with van der Waals surface area (Å²) in [6.07, 6.45) is 0.474. The zero-order chi connectivity index (χ0) is 18.2. The van der Waals surface area contributed by atoms with Crippen LogP contribution < -0.4 is 4.90 Å². The van der Waals surface area contributed by atoms with Gasteiger partial charge in [-0.2, -0.15) is 4.31 Å². The van der Waals surface area contributed by atoms with Crippen LogP contribution >= 0.6 is 0 Å². The Morgan fingerprint density at radius 2 is 1.80 bits per heavy atom. The number of aryl methyl sites for hydroxylation is 1. The quantitative estimate of drug-likeness (QED) is 0.767. The summed E-state index contributed by atoms with van der Waals surface area (Å²) >= 11 is 0. The fraction of sp³-hybridized carbons (Fsp3) is 0.500. The lowest BCUT2D eigenvalue weighted by Gasteiger charge is -2.33. The van der Waals surface area contributed by atoms with E-state index in [-0.39, 0.29) is 23.9 Å². The van der Waals surface area contributed by atoms with E-state index in [4.69, 9.17) is 0 Å². The Hall–Kier alpha value is -2.13. The van der Waals surface area contributed by atoms with Crippen LogP contribution in [0.5, 0.6) is 0 Å². The van der Waals surface area contributed by atoms with Crippen LogP contribution in [-0.2, 0) is 26.0 Å². The van der Waals surface area contributed by atoms with Crippen molar-refractivity contribution in [1.29, 1.82) is 0 Å². The first kappa shape index (κ1) is 17.7. The van der Waals surface area contributed by atoms with Gasteiger partial charge in [-0.1, -0.05) is 0 Å². The monoisotopic (exact) mass is 367 g/mol. The predicted octanol–water partition coefficient (Wildman–Crippen LogP) is 0.668. The first-order valence-electron chi connectivity index (χ1n) is 8.07. The first-order chi connectivity index (χ1) is 11.8. The maximum absolute atomic E-state index is 12.9. The Labute approximate surface area is 147 Å². The number of hydrogen-bond donors (Lipinski definition) is 0. The number of sulfonamides is 1. The largest absolute Gasteiger partial charge is 0.453 e. The lowest BCUT2D eigenvalue weighted by Crippen LogP contribution is -2.50. The van der Waals surface area contributed by atoms with Gasteiger partial charge >= 0.3 is 6.09 Å². The molecule has 0 bridgehead atoms. The van der Waals surface area contributed by atoms with E-state index in [2.05, 4.69) is 4.74 Å². The van der Waals surface area contributed by atoms with Gasteiger partial charge in [0.15, 0.2) is 0 Å². The molecule has 1 aromatic carbocycles. The number of ether oxygens (including phenoxy) is 1. The van der Waals surface area contributed by atoms with E-state index in [1.165, 1.54) is 22.4 Å². The second-order valence-electron chi connectivity index (χ2n) is 6.10. The van der Waals surface area contributed by atoms with Crippen LogP contribution in [0.15, 0.2) is 23.1 Å². The first-order valence-corrected chi connectivity index (χ1v) is 9.51. The van der Waals surface area contributed by atoms with Crippen molar-refractivity contribution >= 4 is 27.7 Å². The van der Waals surface area contributed by atoms with Crippen molar-refractivity contribution in [3.8, 4) is 0 Å². The fourth-order valence-electron chi connectivity index (χ4n) is 3.18. The summed E-state index contributed by atoms with van der Waals surface area (Å²) < 4.78 is 31.8. The van der Waals surface area contributed by atoms with Crippen molar-refractivity contribution in [2.45, 2.75) is 17.7 Å². The van der Waals surface area contributed by atoms with Crippen molar-refractivity contribution in [2.24, 2.45) is 0 Å². The molecule has 2 heterocycles. The molecule has 0 radical (unpaired) electrons. The molecule has 136 valence electrons. The molecule has 2 amide bonds. The van der Waals surface area contributed by atoms with E-state index in [1.54, 1.807) is 24.1 Å². The molecule has 0 saturated carbocycles. The molecule has 0 aromatic heterocycles. The Bertz CT molecular complexity index is 800. The van der Waals surface area contributed by atoms with Gasteiger partial charge in [-0.25, -0.2) is 13.2 Å². The normalized spacial score (nSPS) is 18.9. The third-order valence-electron chi connectivity index (χ3n) is 4.70. The van der Waals surface area contributed by atoms with Crippen molar-refractivity contribution in [3.05, 3.63) is 23.8 Å². The Kier molecular flexibility index (Phi) is 4.70. The van der Waals surface area contributed by atoms with Crippen molar-refractivity contribution in [3.63, 3.8) is 0 Å². The summed E-state index contributed by atoms with van der Waals surface area (Å²) in [5, 5.41) is 0. The zero-order valence-electron chi connectivity index (χ0n) is 14.3. The lowest BCUT2D eigenvalue weighted by molar-refractivity contribution is -0.118. The third kappa shape index (κ3) is 3.21. The molecule has 0 atom stereocenters. The fourth-order valence-corrected chi connectivity index (χ4v) is 4.66. The third-order valence-corrected chi connectivity index (χ3v) is 6.60. The van der Waals surface area contributed by atoms with Gasteiger partial charge in [-0.3, -0.25) is 4.79 Å². The molecule has 0 N–H and O–H groups in total. The number of benzene rings is 1. The van der Waals surface area contributed by atoms with Crippen molar-refractivity contribution < 1.29 is 22.7 Å². The van der Waals surface area contributed by atoms with Crippen molar-refractivity contribution in [1.82, 2.24) is 9.21 Å². The highest BCUT2D eigenvalue weighted by molar-refractivity contribution is 7.89. The molecule has 0 aliphatic carbocycles. The van der Waals surface area contributed by atoms with E-state index < -0.39 is 16.1 Å². The smallest absolute Gasteiger partial charge is 0.409 e. The average molecular weight is 367 g/mol. The summed E-state index contributed by atoms with van der Waals surface area (Å²) in [5.41, 5.74) is 1.61. The second-order valence-corrected chi connectivity index (χ2v) is 8.04. The minimum absolute atomic E-state index is 0.0297. The van der Waals surface area contributed by atoms with Crippen LogP contribution in [0.3, 0.4) is 0 Å². The molecule has 2 aliphatic heterocycles. The number of rotatable bonds is 2. The van der Waals surface area contributed by atoms with E-state index in [9.17, 15) is 18.0 Å². The summed E-state index contributed by atoms with van der Waals surface area (Å²) in [5.74, 6) is 0.0297. The predicted molar refractivity (Wildman–Crippen MR) is 90.9 cm³/mol. The highest BCUT2D eigenvalue weighted by Crippen LogP contribution is 2.30. The van der Waals surface area contributed by atoms with Gasteiger partial charge in [0.05, 0.1) is 12.0 Å². The molecule has 8 nitrogen and oxygen atoms in total. The topological polar surface area (TPSA) is 87.2 Å². The summed E-state index contributed by atoms with van der Waals surface area (Å²) in [4.78, 5) is 26.5. The molecule has 0 spiro atoms. The molecule has 9 heteroatoms. The Morgan fingerprint density at radius 1 is 1.12 bits per heavy atom. The van der Waals surface area contributed by atoms with Gasteiger partial charge in [-0.15, -0.1) is 0 Å². The number of carbonyl (C=O) groups excluding carboxylic acids is 2. The molecule has 1 aromatic rings. The SMILES string of the molecule is COC(=O)N1CCN(S(=O)(=O)c2ccc3c(c2)CCC(=O)N3C)CC1. The van der Waals surface area contributed by atoms with Crippen LogP contribution in [0.25, 0.3) is 0 Å². The lowest BCUT2D eigenvalue weighted by atomic mass is 10.0. The number of anilines is 1. The highest BCUT2D eigenvalue weighted by Gasteiger charge is 2.31. The molecule has 2 aliphatic rings. The van der Waals surface area contributed by atoms with Crippen LogP contribution in [-0.4, -0.2) is 70.0 Å².